The molecule has 0 spiro atoms. The van der Waals surface area contributed by atoms with Gasteiger partial charge in [-0.05, 0) is 43.0 Å². The van der Waals surface area contributed by atoms with E-state index in [2.05, 4.69) is 17.2 Å². The Morgan fingerprint density at radius 2 is 1.91 bits per heavy atom. The summed E-state index contributed by atoms with van der Waals surface area (Å²) in [6, 6.07) is 14.3. The van der Waals surface area contributed by atoms with E-state index in [4.69, 9.17) is 0 Å². The summed E-state index contributed by atoms with van der Waals surface area (Å²) < 4.78 is 17.2. The minimum Gasteiger partial charge on any atom is -0.352 e. The van der Waals surface area contributed by atoms with Gasteiger partial charge in [-0.3, -0.25) is 14.2 Å². The number of hydrogen-bond donors (Lipinski definition) is 1. The van der Waals surface area contributed by atoms with Crippen LogP contribution in [0.15, 0.2) is 59.7 Å². The Morgan fingerprint density at radius 1 is 1.16 bits per heavy atom. The second-order valence-corrected chi connectivity index (χ2v) is 8.34. The van der Waals surface area contributed by atoms with Gasteiger partial charge >= 0.3 is 0 Å². The van der Waals surface area contributed by atoms with Crippen LogP contribution >= 0.6 is 0 Å². The zero-order valence-corrected chi connectivity index (χ0v) is 18.5. The van der Waals surface area contributed by atoms with Gasteiger partial charge in [0, 0.05) is 18.0 Å². The molecule has 166 valence electrons. The minimum atomic E-state index is -0.413. The second kappa shape index (κ2) is 8.94. The quantitative estimate of drug-likeness (QED) is 0.474. The highest BCUT2D eigenvalue weighted by Crippen LogP contribution is 2.26. The zero-order chi connectivity index (χ0) is 22.8. The molecule has 4 aromatic rings. The van der Waals surface area contributed by atoms with E-state index in [1.807, 2.05) is 44.2 Å². The number of amides is 1. The topological polar surface area (TPSA) is 68.9 Å². The van der Waals surface area contributed by atoms with Crippen molar-refractivity contribution in [2.24, 2.45) is 0 Å². The third-order valence-corrected chi connectivity index (χ3v) is 5.95. The summed E-state index contributed by atoms with van der Waals surface area (Å²) in [5, 5.41) is 3.46. The number of hydrogen-bond acceptors (Lipinski definition) is 3. The van der Waals surface area contributed by atoms with Crippen molar-refractivity contribution in [3.8, 4) is 0 Å². The Labute approximate surface area is 185 Å². The van der Waals surface area contributed by atoms with Gasteiger partial charge in [-0.1, -0.05) is 44.2 Å². The maximum Gasteiger partial charge on any atom is 0.277 e. The first kappa shape index (κ1) is 21.7. The average molecular weight is 435 g/mol. The number of aromatic nitrogens is 3. The summed E-state index contributed by atoms with van der Waals surface area (Å²) in [5.74, 6) is -0.517. The van der Waals surface area contributed by atoms with E-state index in [-0.39, 0.29) is 30.0 Å². The molecule has 0 aliphatic carbocycles. The van der Waals surface area contributed by atoms with Gasteiger partial charge in [0.15, 0.2) is 0 Å². The zero-order valence-electron chi connectivity index (χ0n) is 18.5. The van der Waals surface area contributed by atoms with E-state index in [0.29, 0.717) is 28.5 Å². The number of benzene rings is 2. The highest BCUT2D eigenvalue weighted by Gasteiger charge is 2.20. The maximum absolute atomic E-state index is 14.0. The molecule has 2 aromatic heterocycles. The van der Waals surface area contributed by atoms with Crippen LogP contribution in [-0.4, -0.2) is 26.1 Å². The molecule has 7 heteroatoms. The third kappa shape index (κ3) is 4.15. The van der Waals surface area contributed by atoms with Crippen LogP contribution < -0.4 is 10.9 Å². The molecule has 6 nitrogen and oxygen atoms in total. The number of halogens is 1. The highest BCUT2D eigenvalue weighted by molar-refractivity contribution is 6.06. The van der Waals surface area contributed by atoms with Gasteiger partial charge in [0.2, 0.25) is 5.91 Å². The molecule has 0 fully saturated rings. The molecule has 1 amide bonds. The lowest BCUT2D eigenvalue weighted by molar-refractivity contribution is -0.122. The van der Waals surface area contributed by atoms with Gasteiger partial charge in [-0.25, -0.2) is 9.37 Å². The van der Waals surface area contributed by atoms with Crippen molar-refractivity contribution in [1.82, 2.24) is 19.4 Å². The smallest absolute Gasteiger partial charge is 0.277 e. The maximum atomic E-state index is 14.0. The van der Waals surface area contributed by atoms with Crippen LogP contribution in [0.25, 0.3) is 21.9 Å². The Balaban J connectivity index is 1.81. The number of carbonyl (C=O) groups is 1. The summed E-state index contributed by atoms with van der Waals surface area (Å²) in [5.41, 5.74) is 2.21. The first-order valence-corrected chi connectivity index (χ1v) is 10.9. The Hall–Kier alpha value is -3.48. The van der Waals surface area contributed by atoms with Gasteiger partial charge in [-0.2, -0.15) is 0 Å². The molecule has 0 aliphatic heterocycles. The Kier molecular flexibility index (Phi) is 6.08. The van der Waals surface area contributed by atoms with Crippen LogP contribution in [-0.2, 0) is 17.9 Å². The fraction of sp³-hybridized carbons (Fsp3) is 0.320. The molecule has 1 N–H and O–H groups in total. The lowest BCUT2D eigenvalue weighted by Crippen LogP contribution is -2.35. The summed E-state index contributed by atoms with van der Waals surface area (Å²) in [7, 11) is 0. The van der Waals surface area contributed by atoms with Crippen molar-refractivity contribution in [1.29, 1.82) is 0 Å². The van der Waals surface area contributed by atoms with Gasteiger partial charge in [0.05, 0.1) is 11.8 Å². The van der Waals surface area contributed by atoms with Crippen molar-refractivity contribution in [2.75, 3.05) is 0 Å². The van der Waals surface area contributed by atoms with E-state index in [1.165, 1.54) is 18.5 Å². The molecule has 0 unspecified atom stereocenters. The van der Waals surface area contributed by atoms with Crippen LogP contribution in [0.4, 0.5) is 4.39 Å². The fourth-order valence-corrected chi connectivity index (χ4v) is 4.01. The number of nitrogens with zero attached hydrogens (tertiary/aromatic N) is 3. The first-order valence-electron chi connectivity index (χ1n) is 10.9. The predicted molar refractivity (Wildman–Crippen MR) is 124 cm³/mol. The van der Waals surface area contributed by atoms with Crippen molar-refractivity contribution < 1.29 is 9.18 Å². The molecule has 0 bridgehead atoms. The molecule has 2 aromatic carbocycles. The monoisotopic (exact) mass is 434 g/mol. The normalized spacial score (nSPS) is 13.4. The standard InChI is InChI=1S/C25H27FN4O2/c1-4-17(3)28-22(31)14-30-21-11-10-19(26)12-20(21)23-24(30)25(32)29(15-27-23)13-16(2)18-8-6-5-7-9-18/h5-12,15-17H,4,13-14H2,1-3H3,(H,28,31)/t16-,17+/m1/s1. The second-order valence-electron chi connectivity index (χ2n) is 8.34. The molecule has 0 saturated carbocycles. The minimum absolute atomic E-state index is 0.0227. The lowest BCUT2D eigenvalue weighted by atomic mass is 10.0. The van der Waals surface area contributed by atoms with Gasteiger partial charge in [0.25, 0.3) is 5.56 Å². The molecule has 0 aliphatic rings. The summed E-state index contributed by atoms with van der Waals surface area (Å²) >= 11 is 0. The summed E-state index contributed by atoms with van der Waals surface area (Å²) in [4.78, 5) is 30.7. The molecule has 2 heterocycles. The van der Waals surface area contributed by atoms with Crippen molar-refractivity contribution >= 4 is 27.8 Å². The SMILES string of the molecule is CC[C@H](C)NC(=O)Cn1c2ccc(F)cc2c2ncn(C[C@@H](C)c3ccccc3)c(=O)c21. The molecule has 0 radical (unpaired) electrons. The average Bonchev–Trinajstić information content (AvgIpc) is 3.09. The number of carbonyl (C=O) groups excluding carboxylic acids is 1. The van der Waals surface area contributed by atoms with Crippen LogP contribution in [0, 0.1) is 5.82 Å². The molecule has 0 saturated heterocycles. The number of nitrogens with one attached hydrogen (secondary N) is 1. The first-order chi connectivity index (χ1) is 15.4. The van der Waals surface area contributed by atoms with E-state index >= 15 is 0 Å². The van der Waals surface area contributed by atoms with E-state index in [0.717, 1.165) is 12.0 Å². The largest absolute Gasteiger partial charge is 0.352 e. The highest BCUT2D eigenvalue weighted by atomic mass is 19.1. The molecule has 2 atom stereocenters. The Morgan fingerprint density at radius 3 is 2.62 bits per heavy atom. The molecule has 4 rings (SSSR count). The summed E-state index contributed by atoms with van der Waals surface area (Å²) in [6.45, 7) is 6.38. The van der Waals surface area contributed by atoms with Crippen molar-refractivity contribution in [2.45, 2.75) is 52.2 Å². The lowest BCUT2D eigenvalue weighted by Gasteiger charge is -2.15. The van der Waals surface area contributed by atoms with Crippen LogP contribution in [0.2, 0.25) is 0 Å². The number of fused-ring (bicyclic) bond motifs is 3. The van der Waals surface area contributed by atoms with Crippen molar-refractivity contribution in [3.05, 3.63) is 76.6 Å². The molecule has 32 heavy (non-hydrogen) atoms. The van der Waals surface area contributed by atoms with E-state index in [1.54, 1.807) is 15.2 Å². The van der Waals surface area contributed by atoms with Crippen LogP contribution in [0.1, 0.15) is 38.7 Å². The van der Waals surface area contributed by atoms with Gasteiger partial charge in [-0.15, -0.1) is 0 Å². The predicted octanol–water partition coefficient (Wildman–Crippen LogP) is 4.21. The third-order valence-electron chi connectivity index (χ3n) is 5.95. The van der Waals surface area contributed by atoms with E-state index in [9.17, 15) is 14.0 Å². The molecular weight excluding hydrogens is 407 g/mol. The van der Waals surface area contributed by atoms with Crippen LogP contribution in [0.5, 0.6) is 0 Å². The van der Waals surface area contributed by atoms with Gasteiger partial charge in [0.1, 0.15) is 23.4 Å². The van der Waals surface area contributed by atoms with E-state index < -0.39 is 5.82 Å². The number of rotatable bonds is 7. The fourth-order valence-electron chi connectivity index (χ4n) is 4.01. The van der Waals surface area contributed by atoms with Crippen LogP contribution in [0.3, 0.4) is 0 Å². The summed E-state index contributed by atoms with van der Waals surface area (Å²) in [6.07, 6.45) is 2.31. The molecular formula is C25H27FN4O2. The van der Waals surface area contributed by atoms with Gasteiger partial charge < -0.3 is 9.88 Å². The van der Waals surface area contributed by atoms with Crippen molar-refractivity contribution in [3.63, 3.8) is 0 Å². The Bertz CT molecular complexity index is 1330.